The number of aliphatic hydroxyl groups is 1. The number of nitrogens with zero attached hydrogens (tertiary/aromatic N) is 2. The maximum atomic E-state index is 11.5. The molecular weight excluding hydrogens is 238 g/mol. The molecule has 1 amide bonds. The fourth-order valence-corrected chi connectivity index (χ4v) is 1.26. The van der Waals surface area contributed by atoms with Crippen molar-refractivity contribution >= 4 is 23.4 Å². The van der Waals surface area contributed by atoms with Crippen LogP contribution in [0, 0.1) is 0 Å². The third kappa shape index (κ3) is 3.27. The Morgan fingerprint density at radius 3 is 2.56 bits per heavy atom. The van der Waals surface area contributed by atoms with Crippen molar-refractivity contribution in [1.29, 1.82) is 0 Å². The van der Waals surface area contributed by atoms with Gasteiger partial charge >= 0.3 is 5.97 Å². The van der Waals surface area contributed by atoms with Crippen LogP contribution in [0.1, 0.15) is 19.5 Å². The first-order chi connectivity index (χ1) is 8.45. The van der Waals surface area contributed by atoms with Crippen LogP contribution in [0.2, 0.25) is 0 Å². The van der Waals surface area contributed by atoms with Gasteiger partial charge in [-0.15, -0.1) is 0 Å². The molecule has 0 saturated carbocycles. The van der Waals surface area contributed by atoms with Crippen molar-refractivity contribution in [2.45, 2.75) is 13.8 Å². The minimum Gasteiger partial charge on any atom is -0.512 e. The summed E-state index contributed by atoms with van der Waals surface area (Å²) in [6.07, 6.45) is 1.36. The molecule has 0 aliphatic heterocycles. The van der Waals surface area contributed by atoms with E-state index in [-0.39, 0.29) is 28.9 Å². The number of carbonyl (C=O) groups is 2. The molecule has 2 N–H and O–H groups in total. The number of allylic oxidation sites excluding steroid dienone is 1. The number of ether oxygens (including phenoxy) is 1. The number of anilines is 1. The molecule has 7 nitrogen and oxygen atoms in total. The van der Waals surface area contributed by atoms with E-state index in [0.717, 1.165) is 0 Å². The number of nitrogens with one attached hydrogen (secondary N) is 1. The van der Waals surface area contributed by atoms with Gasteiger partial charge in [0.05, 0.1) is 12.8 Å². The summed E-state index contributed by atoms with van der Waals surface area (Å²) in [5, 5.41) is 11.8. The van der Waals surface area contributed by atoms with E-state index in [2.05, 4.69) is 20.0 Å². The molecule has 0 aromatic carbocycles. The molecule has 0 aliphatic carbocycles. The number of amides is 1. The standard InChI is InChI=1S/C11H13N3O4/c1-6(15)9(10(17)18-3)8-4-5-12-11(14-8)13-7(2)16/h4-5,15H,1-3H3,(H,12,13,14,16)/b9-6-. The molecule has 96 valence electrons. The minimum absolute atomic E-state index is 0.0441. The second-order valence-corrected chi connectivity index (χ2v) is 3.40. The summed E-state index contributed by atoms with van der Waals surface area (Å²) >= 11 is 0. The summed E-state index contributed by atoms with van der Waals surface area (Å²) in [4.78, 5) is 30.1. The van der Waals surface area contributed by atoms with Gasteiger partial charge in [-0.25, -0.2) is 14.8 Å². The van der Waals surface area contributed by atoms with Crippen molar-refractivity contribution in [1.82, 2.24) is 9.97 Å². The van der Waals surface area contributed by atoms with Gasteiger partial charge in [0.15, 0.2) is 0 Å². The van der Waals surface area contributed by atoms with Crippen LogP contribution in [-0.2, 0) is 14.3 Å². The average molecular weight is 251 g/mol. The van der Waals surface area contributed by atoms with Crippen molar-refractivity contribution < 1.29 is 19.4 Å². The minimum atomic E-state index is -0.720. The molecule has 0 bridgehead atoms. The monoisotopic (exact) mass is 251 g/mol. The van der Waals surface area contributed by atoms with E-state index in [4.69, 9.17) is 0 Å². The van der Waals surface area contributed by atoms with E-state index in [9.17, 15) is 14.7 Å². The third-order valence-electron chi connectivity index (χ3n) is 1.95. The molecule has 0 unspecified atom stereocenters. The fraction of sp³-hybridized carbons (Fsp3) is 0.273. The Labute approximate surface area is 104 Å². The van der Waals surface area contributed by atoms with Gasteiger partial charge in [0.25, 0.3) is 0 Å². The van der Waals surface area contributed by atoms with Crippen LogP contribution in [-0.4, -0.2) is 34.1 Å². The second kappa shape index (κ2) is 5.76. The Morgan fingerprint density at radius 2 is 2.06 bits per heavy atom. The van der Waals surface area contributed by atoms with Crippen LogP contribution in [0.15, 0.2) is 18.0 Å². The fourth-order valence-electron chi connectivity index (χ4n) is 1.26. The van der Waals surface area contributed by atoms with Crippen molar-refractivity contribution in [3.05, 3.63) is 23.7 Å². The SMILES string of the molecule is COC(=O)/C(=C(/C)O)c1ccnc(NC(C)=O)n1. The molecule has 0 spiro atoms. The number of hydrogen-bond acceptors (Lipinski definition) is 6. The molecule has 1 aromatic rings. The Balaban J connectivity index is 3.19. The molecule has 1 aromatic heterocycles. The van der Waals surface area contributed by atoms with E-state index < -0.39 is 5.97 Å². The van der Waals surface area contributed by atoms with Crippen molar-refractivity contribution in [2.75, 3.05) is 12.4 Å². The molecule has 0 saturated heterocycles. The number of aliphatic hydroxyl groups excluding tert-OH is 1. The van der Waals surface area contributed by atoms with Crippen molar-refractivity contribution in [3.63, 3.8) is 0 Å². The van der Waals surface area contributed by atoms with Gasteiger partial charge in [-0.3, -0.25) is 10.1 Å². The Bertz CT molecular complexity index is 507. The van der Waals surface area contributed by atoms with E-state index in [1.54, 1.807) is 0 Å². The van der Waals surface area contributed by atoms with E-state index in [1.807, 2.05) is 0 Å². The quantitative estimate of drug-likeness (QED) is 0.470. The number of hydrogen-bond donors (Lipinski definition) is 2. The lowest BCUT2D eigenvalue weighted by atomic mass is 10.1. The first kappa shape index (κ1) is 13.6. The highest BCUT2D eigenvalue weighted by Gasteiger charge is 2.18. The first-order valence-corrected chi connectivity index (χ1v) is 5.05. The molecule has 0 atom stereocenters. The number of rotatable bonds is 3. The molecule has 0 radical (unpaired) electrons. The first-order valence-electron chi connectivity index (χ1n) is 5.05. The van der Waals surface area contributed by atoms with Crippen LogP contribution in [0.25, 0.3) is 5.57 Å². The van der Waals surface area contributed by atoms with Crippen LogP contribution in [0.3, 0.4) is 0 Å². The summed E-state index contributed by atoms with van der Waals surface area (Å²) < 4.78 is 4.54. The van der Waals surface area contributed by atoms with Gasteiger partial charge in [-0.05, 0) is 13.0 Å². The predicted molar refractivity (Wildman–Crippen MR) is 63.6 cm³/mol. The van der Waals surface area contributed by atoms with E-state index in [1.165, 1.54) is 33.2 Å². The zero-order chi connectivity index (χ0) is 13.7. The number of aromatic nitrogens is 2. The molecule has 18 heavy (non-hydrogen) atoms. The summed E-state index contributed by atoms with van der Waals surface area (Å²) in [7, 11) is 1.20. The van der Waals surface area contributed by atoms with Crippen LogP contribution >= 0.6 is 0 Å². The summed E-state index contributed by atoms with van der Waals surface area (Å²) in [5.74, 6) is -1.24. The number of methoxy groups -OCH3 is 1. The molecular formula is C11H13N3O4. The lowest BCUT2D eigenvalue weighted by Crippen LogP contribution is -2.12. The highest BCUT2D eigenvalue weighted by molar-refractivity contribution is 6.16. The average Bonchev–Trinajstić information content (AvgIpc) is 2.28. The molecule has 0 aliphatic rings. The lowest BCUT2D eigenvalue weighted by Gasteiger charge is -2.07. The maximum absolute atomic E-state index is 11.5. The largest absolute Gasteiger partial charge is 0.512 e. The smallest absolute Gasteiger partial charge is 0.343 e. The van der Waals surface area contributed by atoms with Crippen LogP contribution in [0.5, 0.6) is 0 Å². The van der Waals surface area contributed by atoms with Gasteiger partial charge in [0.1, 0.15) is 11.3 Å². The molecule has 0 fully saturated rings. The molecule has 1 rings (SSSR count). The van der Waals surface area contributed by atoms with Crippen LogP contribution < -0.4 is 5.32 Å². The van der Waals surface area contributed by atoms with Crippen LogP contribution in [0.4, 0.5) is 5.95 Å². The van der Waals surface area contributed by atoms with Gasteiger partial charge in [-0.2, -0.15) is 0 Å². The number of carbonyl (C=O) groups excluding carboxylic acids is 2. The zero-order valence-corrected chi connectivity index (χ0v) is 10.2. The lowest BCUT2D eigenvalue weighted by molar-refractivity contribution is -0.133. The highest BCUT2D eigenvalue weighted by atomic mass is 16.5. The Hall–Kier alpha value is -2.44. The topological polar surface area (TPSA) is 101 Å². The predicted octanol–water partition coefficient (Wildman–Crippen LogP) is 0.897. The molecule has 7 heteroatoms. The van der Waals surface area contributed by atoms with E-state index in [0.29, 0.717) is 0 Å². The second-order valence-electron chi connectivity index (χ2n) is 3.40. The van der Waals surface area contributed by atoms with Gasteiger partial charge < -0.3 is 9.84 Å². The van der Waals surface area contributed by atoms with Gasteiger partial charge in [-0.1, -0.05) is 0 Å². The Morgan fingerprint density at radius 1 is 1.39 bits per heavy atom. The number of esters is 1. The highest BCUT2D eigenvalue weighted by Crippen LogP contribution is 2.17. The zero-order valence-electron chi connectivity index (χ0n) is 10.2. The summed E-state index contributed by atoms with van der Waals surface area (Å²) in [5.41, 5.74) is 0.0899. The van der Waals surface area contributed by atoms with Gasteiger partial charge in [0, 0.05) is 13.1 Å². The van der Waals surface area contributed by atoms with Crippen molar-refractivity contribution in [3.8, 4) is 0 Å². The normalized spacial score (nSPS) is 11.5. The molecule has 1 heterocycles. The summed E-state index contributed by atoms with van der Waals surface area (Å²) in [6, 6.07) is 1.43. The Kier molecular flexibility index (Phi) is 4.36. The van der Waals surface area contributed by atoms with E-state index >= 15 is 0 Å². The summed E-state index contributed by atoms with van der Waals surface area (Å²) in [6.45, 7) is 2.65. The van der Waals surface area contributed by atoms with Gasteiger partial charge in [0.2, 0.25) is 11.9 Å². The maximum Gasteiger partial charge on any atom is 0.343 e. The third-order valence-corrected chi connectivity index (χ3v) is 1.95. The van der Waals surface area contributed by atoms with Crippen molar-refractivity contribution in [2.24, 2.45) is 0 Å².